The van der Waals surface area contributed by atoms with Crippen molar-refractivity contribution in [2.45, 2.75) is 33.7 Å². The average Bonchev–Trinajstić information content (AvgIpc) is 2.26. The lowest BCUT2D eigenvalue weighted by Crippen LogP contribution is -2.40. The first-order valence-corrected chi connectivity index (χ1v) is 5.49. The van der Waals surface area contributed by atoms with Crippen LogP contribution in [0, 0.1) is 11.2 Å². The molecular formula is C11H20FN5. The minimum atomic E-state index is -0.456. The predicted molar refractivity (Wildman–Crippen MR) is 67.1 cm³/mol. The first kappa shape index (κ1) is 13.6. The molecule has 1 aromatic heterocycles. The standard InChI is InChI=1S/C11H20FN5/c1-7(11(2,3)4)17(5)9-8(12)6-14-10(15-9)16-13/h6-7H,13H2,1-5H3,(H,14,15,16). The van der Waals surface area contributed by atoms with Crippen molar-refractivity contribution in [2.75, 3.05) is 17.4 Å². The van der Waals surface area contributed by atoms with Gasteiger partial charge >= 0.3 is 0 Å². The monoisotopic (exact) mass is 241 g/mol. The number of hydrogen-bond acceptors (Lipinski definition) is 5. The van der Waals surface area contributed by atoms with Crippen molar-refractivity contribution in [3.05, 3.63) is 12.0 Å². The van der Waals surface area contributed by atoms with E-state index in [1.165, 1.54) is 0 Å². The quantitative estimate of drug-likeness (QED) is 0.623. The normalized spacial score (nSPS) is 13.4. The maximum Gasteiger partial charge on any atom is 0.239 e. The summed E-state index contributed by atoms with van der Waals surface area (Å²) in [5.74, 6) is 5.21. The second-order valence-electron chi connectivity index (χ2n) is 5.16. The van der Waals surface area contributed by atoms with E-state index >= 15 is 0 Å². The van der Waals surface area contributed by atoms with Crippen molar-refractivity contribution in [2.24, 2.45) is 11.3 Å². The molecule has 96 valence electrons. The molecular weight excluding hydrogens is 221 g/mol. The molecule has 0 aliphatic carbocycles. The van der Waals surface area contributed by atoms with Crippen LogP contribution in [0.15, 0.2) is 6.20 Å². The van der Waals surface area contributed by atoms with Crippen LogP contribution in [0.5, 0.6) is 0 Å². The van der Waals surface area contributed by atoms with E-state index in [0.717, 1.165) is 6.20 Å². The lowest BCUT2D eigenvalue weighted by Gasteiger charge is -2.36. The van der Waals surface area contributed by atoms with Gasteiger partial charge in [-0.3, -0.25) is 5.43 Å². The fourth-order valence-electron chi connectivity index (χ4n) is 1.44. The van der Waals surface area contributed by atoms with Crippen LogP contribution in [0.4, 0.5) is 16.2 Å². The first-order valence-electron chi connectivity index (χ1n) is 5.49. The number of hydrazine groups is 1. The second kappa shape index (κ2) is 4.83. The van der Waals surface area contributed by atoms with Gasteiger partial charge in [0.25, 0.3) is 0 Å². The molecule has 1 atom stereocenters. The van der Waals surface area contributed by atoms with Crippen molar-refractivity contribution in [1.29, 1.82) is 0 Å². The van der Waals surface area contributed by atoms with Gasteiger partial charge in [-0.2, -0.15) is 4.98 Å². The number of nitrogens with one attached hydrogen (secondary N) is 1. The maximum absolute atomic E-state index is 13.7. The highest BCUT2D eigenvalue weighted by Gasteiger charge is 2.26. The van der Waals surface area contributed by atoms with Gasteiger partial charge < -0.3 is 4.90 Å². The lowest BCUT2D eigenvalue weighted by atomic mass is 9.87. The summed E-state index contributed by atoms with van der Waals surface area (Å²) in [6.45, 7) is 8.30. The SMILES string of the molecule is CC(N(C)c1nc(NN)ncc1F)C(C)(C)C. The van der Waals surface area contributed by atoms with Crippen LogP contribution < -0.4 is 16.2 Å². The molecule has 5 nitrogen and oxygen atoms in total. The summed E-state index contributed by atoms with van der Waals surface area (Å²) in [5.41, 5.74) is 2.33. The Bertz CT molecular complexity index is 388. The maximum atomic E-state index is 13.7. The topological polar surface area (TPSA) is 67.1 Å². The van der Waals surface area contributed by atoms with Crippen LogP contribution >= 0.6 is 0 Å². The molecule has 1 aromatic rings. The van der Waals surface area contributed by atoms with Crippen molar-refractivity contribution in [3.63, 3.8) is 0 Å². The number of aromatic nitrogens is 2. The Morgan fingerprint density at radius 3 is 2.53 bits per heavy atom. The molecule has 0 amide bonds. The molecule has 1 heterocycles. The van der Waals surface area contributed by atoms with Gasteiger partial charge in [-0.15, -0.1) is 0 Å². The summed E-state index contributed by atoms with van der Waals surface area (Å²) in [6, 6.07) is 0.123. The predicted octanol–water partition coefficient (Wildman–Crippen LogP) is 1.77. The van der Waals surface area contributed by atoms with Crippen molar-refractivity contribution < 1.29 is 4.39 Å². The fourth-order valence-corrected chi connectivity index (χ4v) is 1.44. The van der Waals surface area contributed by atoms with Crippen molar-refractivity contribution in [1.82, 2.24) is 9.97 Å². The van der Waals surface area contributed by atoms with E-state index in [-0.39, 0.29) is 23.2 Å². The summed E-state index contributed by atoms with van der Waals surface area (Å²) >= 11 is 0. The zero-order valence-electron chi connectivity index (χ0n) is 11.0. The molecule has 6 heteroatoms. The van der Waals surface area contributed by atoms with Crippen LogP contribution in [0.25, 0.3) is 0 Å². The molecule has 0 saturated heterocycles. The van der Waals surface area contributed by atoms with Crippen LogP contribution in [0.2, 0.25) is 0 Å². The van der Waals surface area contributed by atoms with E-state index in [4.69, 9.17) is 5.84 Å². The Morgan fingerprint density at radius 1 is 1.47 bits per heavy atom. The number of rotatable bonds is 3. The van der Waals surface area contributed by atoms with E-state index in [1.54, 1.807) is 4.90 Å². The minimum absolute atomic E-state index is 0.0163. The van der Waals surface area contributed by atoms with Crippen LogP contribution in [-0.2, 0) is 0 Å². The highest BCUT2D eigenvalue weighted by molar-refractivity contribution is 5.44. The van der Waals surface area contributed by atoms with E-state index in [1.807, 2.05) is 14.0 Å². The molecule has 1 rings (SSSR count). The van der Waals surface area contributed by atoms with Crippen LogP contribution in [0.3, 0.4) is 0 Å². The average molecular weight is 241 g/mol. The third-order valence-corrected chi connectivity index (χ3v) is 3.02. The number of anilines is 2. The van der Waals surface area contributed by atoms with Crippen molar-refractivity contribution in [3.8, 4) is 0 Å². The molecule has 0 radical (unpaired) electrons. The molecule has 3 N–H and O–H groups in total. The third kappa shape index (κ3) is 3.03. The van der Waals surface area contributed by atoms with Gasteiger partial charge in [-0.05, 0) is 12.3 Å². The summed E-state index contributed by atoms with van der Waals surface area (Å²) < 4.78 is 13.7. The number of nitrogens with zero attached hydrogens (tertiary/aromatic N) is 3. The van der Waals surface area contributed by atoms with Crippen LogP contribution in [0.1, 0.15) is 27.7 Å². The molecule has 1 unspecified atom stereocenters. The molecule has 0 aromatic carbocycles. The Balaban J connectivity index is 3.07. The number of hydrogen-bond donors (Lipinski definition) is 2. The van der Waals surface area contributed by atoms with E-state index in [2.05, 4.69) is 36.2 Å². The Morgan fingerprint density at radius 2 is 2.06 bits per heavy atom. The Hall–Kier alpha value is -1.43. The summed E-state index contributed by atoms with van der Waals surface area (Å²) in [5, 5.41) is 0. The third-order valence-electron chi connectivity index (χ3n) is 3.02. The number of nitrogen functional groups attached to an aromatic ring is 1. The van der Waals surface area contributed by atoms with Gasteiger partial charge in [0.1, 0.15) is 0 Å². The Kier molecular flexibility index (Phi) is 3.87. The molecule has 0 spiro atoms. The number of halogens is 1. The van der Waals surface area contributed by atoms with E-state index < -0.39 is 5.82 Å². The summed E-state index contributed by atoms with van der Waals surface area (Å²) in [6.07, 6.45) is 1.11. The number of nitrogens with two attached hydrogens (primary N) is 1. The van der Waals surface area contributed by atoms with E-state index in [0.29, 0.717) is 0 Å². The Labute approximate surface area is 101 Å². The highest BCUT2D eigenvalue weighted by atomic mass is 19.1. The smallest absolute Gasteiger partial charge is 0.239 e. The summed E-state index contributed by atoms with van der Waals surface area (Å²) in [4.78, 5) is 9.53. The van der Waals surface area contributed by atoms with Gasteiger partial charge in [0.2, 0.25) is 5.95 Å². The van der Waals surface area contributed by atoms with Gasteiger partial charge in [-0.1, -0.05) is 20.8 Å². The van der Waals surface area contributed by atoms with E-state index in [9.17, 15) is 4.39 Å². The molecule has 0 saturated carbocycles. The molecule has 0 fully saturated rings. The van der Waals surface area contributed by atoms with Gasteiger partial charge in [-0.25, -0.2) is 15.2 Å². The van der Waals surface area contributed by atoms with Crippen LogP contribution in [-0.4, -0.2) is 23.1 Å². The largest absolute Gasteiger partial charge is 0.354 e. The summed E-state index contributed by atoms with van der Waals surface area (Å²) in [7, 11) is 1.81. The lowest BCUT2D eigenvalue weighted by molar-refractivity contribution is 0.326. The van der Waals surface area contributed by atoms with Gasteiger partial charge in [0.05, 0.1) is 6.20 Å². The fraction of sp³-hybridized carbons (Fsp3) is 0.636. The second-order valence-corrected chi connectivity index (χ2v) is 5.16. The minimum Gasteiger partial charge on any atom is -0.354 e. The first-order chi connectivity index (χ1) is 7.77. The van der Waals surface area contributed by atoms with Gasteiger partial charge in [0.15, 0.2) is 11.6 Å². The zero-order chi connectivity index (χ0) is 13.2. The highest BCUT2D eigenvalue weighted by Crippen LogP contribution is 2.27. The molecule has 0 aliphatic rings. The zero-order valence-corrected chi connectivity index (χ0v) is 11.0. The van der Waals surface area contributed by atoms with Gasteiger partial charge in [0, 0.05) is 13.1 Å². The molecule has 17 heavy (non-hydrogen) atoms. The molecule has 0 aliphatic heterocycles. The molecule has 0 bridgehead atoms. The van der Waals surface area contributed by atoms with Crippen molar-refractivity contribution >= 4 is 11.8 Å².